The molecule has 0 aliphatic rings. The molecular weight excluding hydrogens is 248 g/mol. The molecule has 1 atom stereocenters. The van der Waals surface area contributed by atoms with Gasteiger partial charge in [0.25, 0.3) is 0 Å². The number of hydrogen-bond acceptors (Lipinski definition) is 3. The number of methoxy groups -OCH3 is 1. The van der Waals surface area contributed by atoms with Gasteiger partial charge in [0.05, 0.1) is 7.11 Å². The standard InChI is InChI=1S/C13H18N2O4/c1-9(12(16)17)15-13(18)14-8-7-10-3-5-11(19-2)6-4-10/h3-6,9H,7-8H2,1-2H3,(H,16,17)(H2,14,15,18). The van der Waals surface area contributed by atoms with Crippen LogP contribution in [0.3, 0.4) is 0 Å². The minimum absolute atomic E-state index is 0.435. The molecule has 1 rings (SSSR count). The highest BCUT2D eigenvalue weighted by molar-refractivity contribution is 5.82. The van der Waals surface area contributed by atoms with E-state index in [1.54, 1.807) is 7.11 Å². The maximum atomic E-state index is 11.3. The van der Waals surface area contributed by atoms with E-state index in [2.05, 4.69) is 10.6 Å². The summed E-state index contributed by atoms with van der Waals surface area (Å²) in [5, 5.41) is 13.5. The van der Waals surface area contributed by atoms with Gasteiger partial charge in [0.15, 0.2) is 0 Å². The molecule has 1 unspecified atom stereocenters. The summed E-state index contributed by atoms with van der Waals surface area (Å²) < 4.78 is 5.04. The van der Waals surface area contributed by atoms with Gasteiger partial charge in [0.2, 0.25) is 0 Å². The van der Waals surface area contributed by atoms with Gasteiger partial charge in [-0.25, -0.2) is 4.79 Å². The molecule has 0 aliphatic carbocycles. The van der Waals surface area contributed by atoms with E-state index in [1.807, 2.05) is 24.3 Å². The zero-order chi connectivity index (χ0) is 14.3. The number of ether oxygens (including phenoxy) is 1. The lowest BCUT2D eigenvalue weighted by Gasteiger charge is -2.10. The van der Waals surface area contributed by atoms with Crippen LogP contribution in [0.25, 0.3) is 0 Å². The minimum Gasteiger partial charge on any atom is -0.497 e. The van der Waals surface area contributed by atoms with E-state index in [1.165, 1.54) is 6.92 Å². The van der Waals surface area contributed by atoms with Crippen molar-refractivity contribution >= 4 is 12.0 Å². The molecule has 0 bridgehead atoms. The number of nitrogens with one attached hydrogen (secondary N) is 2. The Labute approximate surface area is 111 Å². The van der Waals surface area contributed by atoms with Gasteiger partial charge in [0, 0.05) is 6.54 Å². The van der Waals surface area contributed by atoms with E-state index in [4.69, 9.17) is 9.84 Å². The van der Waals surface area contributed by atoms with Crippen LogP contribution >= 0.6 is 0 Å². The molecule has 1 aromatic carbocycles. The zero-order valence-electron chi connectivity index (χ0n) is 11.0. The van der Waals surface area contributed by atoms with Crippen LogP contribution in [0.15, 0.2) is 24.3 Å². The first-order valence-electron chi connectivity index (χ1n) is 5.93. The molecule has 0 heterocycles. The lowest BCUT2D eigenvalue weighted by molar-refractivity contribution is -0.138. The highest BCUT2D eigenvalue weighted by Gasteiger charge is 2.12. The Morgan fingerprint density at radius 1 is 1.32 bits per heavy atom. The number of aliphatic carboxylic acids is 1. The smallest absolute Gasteiger partial charge is 0.325 e. The zero-order valence-corrected chi connectivity index (χ0v) is 11.0. The van der Waals surface area contributed by atoms with Gasteiger partial charge in [0.1, 0.15) is 11.8 Å². The average molecular weight is 266 g/mol. The Morgan fingerprint density at radius 2 is 1.95 bits per heavy atom. The van der Waals surface area contributed by atoms with Crippen LogP contribution in [0.4, 0.5) is 4.79 Å². The Hall–Kier alpha value is -2.24. The van der Waals surface area contributed by atoms with Gasteiger partial charge < -0.3 is 20.5 Å². The summed E-state index contributed by atoms with van der Waals surface area (Å²) in [6.45, 7) is 1.84. The van der Waals surface area contributed by atoms with Gasteiger partial charge in [-0.1, -0.05) is 12.1 Å². The molecule has 3 N–H and O–H groups in total. The van der Waals surface area contributed by atoms with Crippen molar-refractivity contribution < 1.29 is 19.4 Å². The molecule has 1 aromatic rings. The maximum Gasteiger partial charge on any atom is 0.325 e. The third-order valence-electron chi connectivity index (χ3n) is 2.58. The average Bonchev–Trinajstić information content (AvgIpc) is 2.39. The van der Waals surface area contributed by atoms with Gasteiger partial charge in [-0.3, -0.25) is 4.79 Å². The summed E-state index contributed by atoms with van der Waals surface area (Å²) in [6.07, 6.45) is 0.666. The van der Waals surface area contributed by atoms with Gasteiger partial charge >= 0.3 is 12.0 Å². The summed E-state index contributed by atoms with van der Waals surface area (Å²) in [7, 11) is 1.60. The van der Waals surface area contributed by atoms with Crippen molar-refractivity contribution in [3.63, 3.8) is 0 Å². The Bertz CT molecular complexity index is 431. The molecular formula is C13H18N2O4. The van der Waals surface area contributed by atoms with Crippen molar-refractivity contribution in [1.29, 1.82) is 0 Å². The largest absolute Gasteiger partial charge is 0.497 e. The number of rotatable bonds is 6. The topological polar surface area (TPSA) is 87.7 Å². The molecule has 0 aromatic heterocycles. The Kier molecular flexibility index (Phi) is 5.66. The third-order valence-corrected chi connectivity index (χ3v) is 2.58. The first-order chi connectivity index (χ1) is 9.02. The highest BCUT2D eigenvalue weighted by atomic mass is 16.5. The normalized spacial score (nSPS) is 11.5. The van der Waals surface area contributed by atoms with Gasteiger partial charge in [-0.05, 0) is 31.0 Å². The van der Waals surface area contributed by atoms with Crippen LogP contribution in [0, 0.1) is 0 Å². The number of carbonyl (C=O) groups excluding carboxylic acids is 1. The van der Waals surface area contributed by atoms with Crippen molar-refractivity contribution in [2.24, 2.45) is 0 Å². The maximum absolute atomic E-state index is 11.3. The molecule has 2 amide bonds. The van der Waals surface area contributed by atoms with Gasteiger partial charge in [-0.2, -0.15) is 0 Å². The van der Waals surface area contributed by atoms with Crippen molar-refractivity contribution in [2.45, 2.75) is 19.4 Å². The van der Waals surface area contributed by atoms with E-state index in [-0.39, 0.29) is 0 Å². The number of benzene rings is 1. The van der Waals surface area contributed by atoms with E-state index in [0.717, 1.165) is 11.3 Å². The lowest BCUT2D eigenvalue weighted by atomic mass is 10.1. The molecule has 6 heteroatoms. The van der Waals surface area contributed by atoms with Crippen molar-refractivity contribution in [2.75, 3.05) is 13.7 Å². The van der Waals surface area contributed by atoms with Crippen LogP contribution in [0.1, 0.15) is 12.5 Å². The first-order valence-corrected chi connectivity index (χ1v) is 5.93. The number of urea groups is 1. The Morgan fingerprint density at radius 3 is 2.47 bits per heavy atom. The minimum atomic E-state index is -1.06. The molecule has 0 radical (unpaired) electrons. The molecule has 0 fully saturated rings. The second-order valence-corrected chi connectivity index (χ2v) is 4.06. The molecule has 0 saturated heterocycles. The van der Waals surface area contributed by atoms with E-state index >= 15 is 0 Å². The summed E-state index contributed by atoms with van der Waals surface area (Å²) in [5.41, 5.74) is 1.06. The fourth-order valence-electron chi connectivity index (χ4n) is 1.42. The SMILES string of the molecule is COc1ccc(CCNC(=O)NC(C)C(=O)O)cc1. The summed E-state index contributed by atoms with van der Waals surface area (Å²) in [5.74, 6) is -0.282. The van der Waals surface area contributed by atoms with Crippen molar-refractivity contribution in [1.82, 2.24) is 10.6 Å². The predicted molar refractivity (Wildman–Crippen MR) is 70.3 cm³/mol. The Balaban J connectivity index is 2.29. The van der Waals surface area contributed by atoms with Crippen LogP contribution in [-0.4, -0.2) is 36.8 Å². The summed E-state index contributed by atoms with van der Waals surface area (Å²) in [6, 6.07) is 6.14. The lowest BCUT2D eigenvalue weighted by Crippen LogP contribution is -2.44. The number of carbonyl (C=O) groups is 2. The van der Waals surface area contributed by atoms with E-state index in [9.17, 15) is 9.59 Å². The number of carboxylic acid groups (broad SMARTS) is 1. The van der Waals surface area contributed by atoms with Crippen LogP contribution in [0.5, 0.6) is 5.75 Å². The van der Waals surface area contributed by atoms with Crippen molar-refractivity contribution in [3.05, 3.63) is 29.8 Å². The second-order valence-electron chi connectivity index (χ2n) is 4.06. The van der Waals surface area contributed by atoms with Crippen LogP contribution < -0.4 is 15.4 Å². The number of hydrogen-bond donors (Lipinski definition) is 3. The summed E-state index contributed by atoms with van der Waals surface area (Å²) >= 11 is 0. The van der Waals surface area contributed by atoms with Crippen molar-refractivity contribution in [3.8, 4) is 5.75 Å². The predicted octanol–water partition coefficient (Wildman–Crippen LogP) is 1.01. The van der Waals surface area contributed by atoms with Crippen LogP contribution in [-0.2, 0) is 11.2 Å². The quantitative estimate of drug-likeness (QED) is 0.717. The number of amides is 2. The molecule has 6 nitrogen and oxygen atoms in total. The fraction of sp³-hybridized carbons (Fsp3) is 0.385. The monoisotopic (exact) mass is 266 g/mol. The first kappa shape index (κ1) is 14.8. The van der Waals surface area contributed by atoms with E-state index < -0.39 is 18.0 Å². The second kappa shape index (κ2) is 7.25. The molecule has 0 aliphatic heterocycles. The summed E-state index contributed by atoms with van der Waals surface area (Å²) in [4.78, 5) is 21.9. The number of carboxylic acids is 1. The molecule has 0 saturated carbocycles. The van der Waals surface area contributed by atoms with Gasteiger partial charge in [-0.15, -0.1) is 0 Å². The van der Waals surface area contributed by atoms with Crippen LogP contribution in [0.2, 0.25) is 0 Å². The molecule has 0 spiro atoms. The highest BCUT2D eigenvalue weighted by Crippen LogP contribution is 2.11. The molecule has 19 heavy (non-hydrogen) atoms. The van der Waals surface area contributed by atoms with E-state index in [0.29, 0.717) is 13.0 Å². The fourth-order valence-corrected chi connectivity index (χ4v) is 1.42. The third kappa shape index (κ3) is 5.29. The molecule has 104 valence electrons.